The molecule has 0 N–H and O–H groups in total. The molecule has 172 valence electrons. The first kappa shape index (κ1) is 25.1. The molecule has 0 bridgehead atoms. The maximum absolute atomic E-state index is 11.9. The van der Waals surface area contributed by atoms with Crippen molar-refractivity contribution in [3.05, 3.63) is 47.5 Å². The molecule has 0 aromatic heterocycles. The van der Waals surface area contributed by atoms with Crippen LogP contribution in [0.4, 0.5) is 4.79 Å². The normalized spacial score (nSPS) is 19.9. The molecule has 1 aliphatic rings. The Labute approximate surface area is 187 Å². The molecule has 6 nitrogen and oxygen atoms in total. The molecule has 0 unspecified atom stereocenters. The van der Waals surface area contributed by atoms with Crippen LogP contribution in [0.25, 0.3) is 0 Å². The van der Waals surface area contributed by atoms with Gasteiger partial charge in [0.15, 0.2) is 8.32 Å². The van der Waals surface area contributed by atoms with Gasteiger partial charge in [-0.15, -0.1) is 0 Å². The second kappa shape index (κ2) is 10.00. The highest BCUT2D eigenvalue weighted by atomic mass is 28.4. The Balaban J connectivity index is 2.24. The number of ether oxygens (including phenoxy) is 3. The topological polar surface area (TPSA) is 71.1 Å². The summed E-state index contributed by atoms with van der Waals surface area (Å²) >= 11 is 0. The van der Waals surface area contributed by atoms with E-state index in [1.165, 1.54) is 7.11 Å². The summed E-state index contributed by atoms with van der Waals surface area (Å²) in [6, 6.07) is 7.35. The van der Waals surface area contributed by atoms with E-state index in [1.807, 2.05) is 18.2 Å². The Morgan fingerprint density at radius 3 is 2.19 bits per heavy atom. The second-order valence-corrected chi connectivity index (χ2v) is 14.5. The second-order valence-electron chi connectivity index (χ2n) is 9.77. The van der Waals surface area contributed by atoms with Crippen LogP contribution >= 0.6 is 0 Å². The van der Waals surface area contributed by atoms with Crippen LogP contribution in [-0.2, 0) is 18.6 Å². The number of esters is 1. The fourth-order valence-electron chi connectivity index (χ4n) is 3.17. The smallest absolute Gasteiger partial charge is 0.465 e. The fraction of sp³-hybridized carbons (Fsp3) is 0.583. The molecular weight excluding hydrogens is 412 g/mol. The van der Waals surface area contributed by atoms with E-state index in [2.05, 4.69) is 39.9 Å². The van der Waals surface area contributed by atoms with Crippen molar-refractivity contribution in [2.75, 3.05) is 7.11 Å². The zero-order chi connectivity index (χ0) is 23.4. The zero-order valence-corrected chi connectivity index (χ0v) is 20.9. The van der Waals surface area contributed by atoms with Crippen molar-refractivity contribution in [2.45, 2.75) is 77.5 Å². The first-order valence-corrected chi connectivity index (χ1v) is 13.7. The summed E-state index contributed by atoms with van der Waals surface area (Å²) in [4.78, 5) is 23.7. The van der Waals surface area contributed by atoms with Crippen molar-refractivity contribution in [3.8, 4) is 0 Å². The van der Waals surface area contributed by atoms with E-state index in [1.54, 1.807) is 26.0 Å². The SMILES string of the molecule is COC(=O)c1ccc([C@@H](O[Si](C)(C)C(C)(C)C)[C@H]2C=C[C@H](OC(=O)OC(C)C)C2)cc1. The highest BCUT2D eigenvalue weighted by molar-refractivity contribution is 6.74. The molecule has 0 amide bonds. The molecule has 0 spiro atoms. The number of carbonyl (C=O) groups is 2. The molecule has 3 atom stereocenters. The van der Waals surface area contributed by atoms with E-state index in [0.29, 0.717) is 12.0 Å². The average molecular weight is 449 g/mol. The van der Waals surface area contributed by atoms with Crippen LogP contribution in [0.1, 0.15) is 63.1 Å². The van der Waals surface area contributed by atoms with Gasteiger partial charge in [0, 0.05) is 5.92 Å². The summed E-state index contributed by atoms with van der Waals surface area (Å²) in [6.07, 6.45) is 3.13. The molecule has 0 heterocycles. The maximum atomic E-state index is 11.9. The minimum Gasteiger partial charge on any atom is -0.465 e. The van der Waals surface area contributed by atoms with E-state index in [9.17, 15) is 9.59 Å². The first-order valence-electron chi connectivity index (χ1n) is 10.8. The van der Waals surface area contributed by atoms with Gasteiger partial charge in [-0.2, -0.15) is 0 Å². The van der Waals surface area contributed by atoms with Crippen molar-refractivity contribution in [1.82, 2.24) is 0 Å². The van der Waals surface area contributed by atoms with E-state index in [0.717, 1.165) is 5.56 Å². The quantitative estimate of drug-likeness (QED) is 0.288. The van der Waals surface area contributed by atoms with Gasteiger partial charge in [-0.25, -0.2) is 9.59 Å². The van der Waals surface area contributed by atoms with E-state index in [-0.39, 0.29) is 35.2 Å². The van der Waals surface area contributed by atoms with E-state index in [4.69, 9.17) is 18.6 Å². The number of rotatable bonds is 7. The summed E-state index contributed by atoms with van der Waals surface area (Å²) in [5.41, 5.74) is 1.48. The molecule has 1 aromatic carbocycles. The lowest BCUT2D eigenvalue weighted by atomic mass is 9.94. The summed E-state index contributed by atoms with van der Waals surface area (Å²) in [5.74, 6) is -0.332. The monoisotopic (exact) mass is 448 g/mol. The van der Waals surface area contributed by atoms with Gasteiger partial charge >= 0.3 is 12.1 Å². The lowest BCUT2D eigenvalue weighted by Crippen LogP contribution is -2.43. The first-order chi connectivity index (χ1) is 14.3. The molecule has 1 aliphatic carbocycles. The van der Waals surface area contributed by atoms with Gasteiger partial charge < -0.3 is 18.6 Å². The van der Waals surface area contributed by atoms with Crippen LogP contribution in [-0.4, -0.2) is 39.8 Å². The molecule has 7 heteroatoms. The van der Waals surface area contributed by atoms with Crippen molar-refractivity contribution >= 4 is 20.4 Å². The lowest BCUT2D eigenvalue weighted by Gasteiger charge is -2.41. The zero-order valence-electron chi connectivity index (χ0n) is 19.9. The predicted molar refractivity (Wildman–Crippen MR) is 123 cm³/mol. The van der Waals surface area contributed by atoms with Crippen molar-refractivity contribution in [3.63, 3.8) is 0 Å². The highest BCUT2D eigenvalue weighted by Gasteiger charge is 2.42. The number of hydrogen-bond acceptors (Lipinski definition) is 6. The minimum absolute atomic E-state index is 0.0370. The molecule has 0 saturated heterocycles. The Hall–Kier alpha value is -2.12. The molecule has 0 fully saturated rings. The Bertz CT molecular complexity index is 791. The standard InChI is InChI=1S/C24H36O6Si/c1-16(2)28-23(26)29-20-14-13-19(15-20)21(30-31(7,8)24(3,4)5)17-9-11-18(12-10-17)22(25)27-6/h9-14,16,19-21H,15H2,1-8H3/t19-,20-,21+/m0/s1. The Morgan fingerprint density at radius 2 is 1.68 bits per heavy atom. The summed E-state index contributed by atoms with van der Waals surface area (Å²) in [7, 11) is -0.726. The maximum Gasteiger partial charge on any atom is 0.509 e. The molecule has 0 aliphatic heterocycles. The third-order valence-electron chi connectivity index (χ3n) is 5.93. The Kier molecular flexibility index (Phi) is 8.11. The summed E-state index contributed by atoms with van der Waals surface area (Å²) in [5, 5.41) is 0.0382. The summed E-state index contributed by atoms with van der Waals surface area (Å²) < 4.78 is 22.2. The van der Waals surface area contributed by atoms with Gasteiger partial charge in [-0.3, -0.25) is 0 Å². The molecule has 2 rings (SSSR count). The van der Waals surface area contributed by atoms with Crippen LogP contribution in [0, 0.1) is 5.92 Å². The van der Waals surface area contributed by atoms with Crippen LogP contribution in [0.15, 0.2) is 36.4 Å². The summed E-state index contributed by atoms with van der Waals surface area (Å²) in [6.45, 7) is 14.6. The Morgan fingerprint density at radius 1 is 1.06 bits per heavy atom. The molecule has 0 radical (unpaired) electrons. The van der Waals surface area contributed by atoms with Gasteiger partial charge in [0.05, 0.1) is 24.9 Å². The fourth-order valence-corrected chi connectivity index (χ4v) is 4.47. The van der Waals surface area contributed by atoms with Crippen molar-refractivity contribution in [2.24, 2.45) is 5.92 Å². The van der Waals surface area contributed by atoms with Gasteiger partial charge in [-0.1, -0.05) is 39.0 Å². The van der Waals surface area contributed by atoms with Gasteiger partial charge in [0.1, 0.15) is 6.10 Å². The lowest BCUT2D eigenvalue weighted by molar-refractivity contribution is 0.0132. The minimum atomic E-state index is -2.09. The molecule has 31 heavy (non-hydrogen) atoms. The van der Waals surface area contributed by atoms with E-state index < -0.39 is 14.5 Å². The van der Waals surface area contributed by atoms with Crippen LogP contribution in [0.3, 0.4) is 0 Å². The average Bonchev–Trinajstić information content (AvgIpc) is 3.12. The molecule has 1 aromatic rings. The van der Waals surface area contributed by atoms with Crippen molar-refractivity contribution in [1.29, 1.82) is 0 Å². The predicted octanol–water partition coefficient (Wildman–Crippen LogP) is 6.04. The van der Waals surface area contributed by atoms with E-state index >= 15 is 0 Å². The highest BCUT2D eigenvalue weighted by Crippen LogP contribution is 2.44. The number of hydrogen-bond donors (Lipinski definition) is 0. The van der Waals surface area contributed by atoms with Crippen molar-refractivity contribution < 1.29 is 28.2 Å². The van der Waals surface area contributed by atoms with Gasteiger partial charge in [-0.05, 0) is 62.2 Å². The van der Waals surface area contributed by atoms with Crippen LogP contribution < -0.4 is 0 Å². The largest absolute Gasteiger partial charge is 0.509 e. The number of carbonyl (C=O) groups excluding carboxylic acids is 2. The third-order valence-corrected chi connectivity index (χ3v) is 10.4. The number of methoxy groups -OCH3 is 1. The molecule has 0 saturated carbocycles. The number of benzene rings is 1. The van der Waals surface area contributed by atoms with Gasteiger partial charge in [0.25, 0.3) is 0 Å². The third kappa shape index (κ3) is 6.68. The molecular formula is C24H36O6Si. The van der Waals surface area contributed by atoms with Crippen LogP contribution in [0.2, 0.25) is 18.1 Å². The van der Waals surface area contributed by atoms with Crippen LogP contribution in [0.5, 0.6) is 0 Å². The van der Waals surface area contributed by atoms with Gasteiger partial charge in [0.2, 0.25) is 0 Å².